The second-order valence-electron chi connectivity index (χ2n) is 4.52. The highest BCUT2D eigenvalue weighted by Crippen LogP contribution is 2.38. The van der Waals surface area contributed by atoms with Crippen molar-refractivity contribution in [2.24, 2.45) is 5.92 Å². The first-order valence-electron chi connectivity index (χ1n) is 5.94. The maximum Gasteiger partial charge on any atom is 0.416 e. The number of carbonyl (C=O) groups excluding carboxylic acids is 2. The Hall–Kier alpha value is -1.63. The zero-order valence-corrected chi connectivity index (χ0v) is 12.4. The van der Waals surface area contributed by atoms with Crippen LogP contribution in [0.4, 0.5) is 13.2 Å². The van der Waals surface area contributed by atoms with Crippen LogP contribution in [0.1, 0.15) is 27.9 Å². The molecule has 0 N–H and O–H groups in total. The molecule has 3 nitrogen and oxygen atoms in total. The summed E-state index contributed by atoms with van der Waals surface area (Å²) in [4.78, 5) is 23.5. The van der Waals surface area contributed by atoms with Crippen LogP contribution >= 0.6 is 15.9 Å². The van der Waals surface area contributed by atoms with Crippen molar-refractivity contribution in [1.82, 2.24) is 0 Å². The molecule has 1 aliphatic carbocycles. The molecule has 0 saturated carbocycles. The second kappa shape index (κ2) is 5.63. The topological polar surface area (TPSA) is 43.4 Å². The molecule has 1 aromatic carbocycles. The highest BCUT2D eigenvalue weighted by molar-refractivity contribution is 9.15. The molecular formula is C14H10BrF3O3. The molecule has 112 valence electrons. The van der Waals surface area contributed by atoms with Crippen LogP contribution in [-0.4, -0.2) is 18.9 Å². The van der Waals surface area contributed by atoms with Crippen LogP contribution in [0.2, 0.25) is 0 Å². The molecule has 7 heteroatoms. The van der Waals surface area contributed by atoms with E-state index in [1.54, 1.807) is 0 Å². The zero-order valence-electron chi connectivity index (χ0n) is 10.8. The molecular weight excluding hydrogens is 353 g/mol. The number of rotatable bonds is 2. The Kier molecular flexibility index (Phi) is 4.22. The lowest BCUT2D eigenvalue weighted by Gasteiger charge is -2.21. The summed E-state index contributed by atoms with van der Waals surface area (Å²) in [6, 6.07) is 2.92. The molecule has 0 bridgehead atoms. The van der Waals surface area contributed by atoms with Crippen molar-refractivity contribution in [2.45, 2.75) is 12.6 Å². The number of benzene rings is 1. The number of methoxy groups -OCH3 is 1. The van der Waals surface area contributed by atoms with Crippen LogP contribution < -0.4 is 0 Å². The summed E-state index contributed by atoms with van der Waals surface area (Å²) in [5, 5.41) is 0. The number of fused-ring (bicyclic) bond motifs is 1. The van der Waals surface area contributed by atoms with Crippen molar-refractivity contribution in [2.75, 3.05) is 7.11 Å². The van der Waals surface area contributed by atoms with Crippen molar-refractivity contribution in [3.8, 4) is 0 Å². The number of alkyl halides is 3. The largest absolute Gasteiger partial charge is 0.469 e. The van der Waals surface area contributed by atoms with E-state index in [1.165, 1.54) is 13.2 Å². The van der Waals surface area contributed by atoms with Gasteiger partial charge in [-0.25, -0.2) is 0 Å². The summed E-state index contributed by atoms with van der Waals surface area (Å²) >= 11 is 3.16. The zero-order chi connectivity index (χ0) is 15.8. The van der Waals surface area contributed by atoms with Gasteiger partial charge in [-0.1, -0.05) is 28.1 Å². The van der Waals surface area contributed by atoms with Gasteiger partial charge in [-0.3, -0.25) is 9.59 Å². The summed E-state index contributed by atoms with van der Waals surface area (Å²) in [5.41, 5.74) is -0.493. The van der Waals surface area contributed by atoms with Crippen molar-refractivity contribution in [3.63, 3.8) is 0 Å². The molecule has 0 aliphatic heterocycles. The third-order valence-corrected chi connectivity index (χ3v) is 3.86. The lowest BCUT2D eigenvalue weighted by atomic mass is 9.85. The number of allylic oxidation sites excluding steroid dienone is 1. The van der Waals surface area contributed by atoms with Gasteiger partial charge < -0.3 is 4.74 Å². The number of ketones is 1. The summed E-state index contributed by atoms with van der Waals surface area (Å²) in [6.07, 6.45) is -3.19. The first-order valence-corrected chi connectivity index (χ1v) is 6.73. The molecule has 1 atom stereocenters. The molecule has 0 radical (unpaired) electrons. The first-order chi connectivity index (χ1) is 9.74. The molecule has 0 heterocycles. The molecule has 0 spiro atoms. The summed E-state index contributed by atoms with van der Waals surface area (Å²) in [6.45, 7) is 0. The SMILES string of the molecule is COC(=O)CC1C=C(Br)c2cc(C(F)(F)F)ccc2C1=O. The van der Waals surface area contributed by atoms with E-state index in [9.17, 15) is 22.8 Å². The van der Waals surface area contributed by atoms with E-state index in [1.807, 2.05) is 0 Å². The highest BCUT2D eigenvalue weighted by atomic mass is 79.9. The summed E-state index contributed by atoms with van der Waals surface area (Å²) in [5.74, 6) is -1.69. The maximum absolute atomic E-state index is 12.7. The Labute approximate surface area is 126 Å². The second-order valence-corrected chi connectivity index (χ2v) is 5.38. The van der Waals surface area contributed by atoms with E-state index in [4.69, 9.17) is 0 Å². The Morgan fingerprint density at radius 2 is 2.00 bits per heavy atom. The first kappa shape index (κ1) is 15.8. The van der Waals surface area contributed by atoms with Crippen LogP contribution in [0.3, 0.4) is 0 Å². The Morgan fingerprint density at radius 3 is 2.57 bits per heavy atom. The Bertz CT molecular complexity index is 635. The van der Waals surface area contributed by atoms with Gasteiger partial charge in [0.15, 0.2) is 5.78 Å². The minimum atomic E-state index is -4.48. The Morgan fingerprint density at radius 1 is 1.33 bits per heavy atom. The average Bonchev–Trinajstić information content (AvgIpc) is 2.42. The third kappa shape index (κ3) is 3.18. The van der Waals surface area contributed by atoms with E-state index >= 15 is 0 Å². The number of hydrogen-bond donors (Lipinski definition) is 0. The summed E-state index contributed by atoms with van der Waals surface area (Å²) in [7, 11) is 1.21. The average molecular weight is 363 g/mol. The van der Waals surface area contributed by atoms with Crippen molar-refractivity contribution >= 4 is 32.2 Å². The number of halogens is 4. The van der Waals surface area contributed by atoms with Gasteiger partial charge in [0.25, 0.3) is 0 Å². The van der Waals surface area contributed by atoms with Gasteiger partial charge in [0, 0.05) is 10.0 Å². The molecule has 1 unspecified atom stereocenters. The standard InChI is InChI=1S/C14H10BrF3O3/c1-21-12(19)5-7-4-11(15)10-6-8(14(16,17)18)2-3-9(10)13(7)20/h2-4,6-7H,5H2,1H3. The van der Waals surface area contributed by atoms with Crippen LogP contribution in [0.25, 0.3) is 4.48 Å². The van der Waals surface area contributed by atoms with Crippen molar-refractivity contribution in [1.29, 1.82) is 0 Å². The lowest BCUT2D eigenvalue weighted by molar-refractivity contribution is -0.141. The quantitative estimate of drug-likeness (QED) is 0.751. The van der Waals surface area contributed by atoms with Crippen LogP contribution in [0.5, 0.6) is 0 Å². The third-order valence-electron chi connectivity index (χ3n) is 3.17. The van der Waals surface area contributed by atoms with Gasteiger partial charge in [-0.2, -0.15) is 13.2 Å². The minimum absolute atomic E-state index is 0.148. The van der Waals surface area contributed by atoms with E-state index in [2.05, 4.69) is 20.7 Å². The van der Waals surface area contributed by atoms with Gasteiger partial charge >= 0.3 is 12.1 Å². The fourth-order valence-corrected chi connectivity index (χ4v) is 2.74. The van der Waals surface area contributed by atoms with E-state index in [0.717, 1.165) is 18.2 Å². The van der Waals surface area contributed by atoms with Crippen LogP contribution in [0.15, 0.2) is 24.3 Å². The number of ether oxygens (including phenoxy) is 1. The molecule has 0 fully saturated rings. The van der Waals surface area contributed by atoms with Gasteiger partial charge in [0.05, 0.1) is 25.0 Å². The molecule has 0 amide bonds. The Balaban J connectivity index is 2.42. The highest BCUT2D eigenvalue weighted by Gasteiger charge is 2.34. The maximum atomic E-state index is 12.7. The van der Waals surface area contributed by atoms with Gasteiger partial charge in [0.1, 0.15) is 0 Å². The monoisotopic (exact) mass is 362 g/mol. The van der Waals surface area contributed by atoms with E-state index in [-0.39, 0.29) is 17.5 Å². The molecule has 0 aromatic heterocycles. The fraction of sp³-hybridized carbons (Fsp3) is 0.286. The predicted octanol–water partition coefficient (Wildman–Crippen LogP) is 3.82. The van der Waals surface area contributed by atoms with Crippen molar-refractivity contribution in [3.05, 3.63) is 41.0 Å². The number of Topliss-reactive ketones (excluding diaryl/α,β-unsaturated/α-hetero) is 1. The van der Waals surface area contributed by atoms with Gasteiger partial charge in [-0.05, 0) is 17.7 Å². The molecule has 1 aliphatic rings. The van der Waals surface area contributed by atoms with Crippen LogP contribution in [0, 0.1) is 5.92 Å². The van der Waals surface area contributed by atoms with Gasteiger partial charge in [0.2, 0.25) is 0 Å². The van der Waals surface area contributed by atoms with Crippen molar-refractivity contribution < 1.29 is 27.5 Å². The number of esters is 1. The molecule has 1 aromatic rings. The minimum Gasteiger partial charge on any atom is -0.469 e. The normalized spacial score (nSPS) is 18.0. The molecule has 2 rings (SSSR count). The lowest BCUT2D eigenvalue weighted by Crippen LogP contribution is -2.22. The van der Waals surface area contributed by atoms with E-state index in [0.29, 0.717) is 4.48 Å². The number of carbonyl (C=O) groups is 2. The predicted molar refractivity (Wildman–Crippen MR) is 72.8 cm³/mol. The molecule has 21 heavy (non-hydrogen) atoms. The van der Waals surface area contributed by atoms with Gasteiger partial charge in [-0.15, -0.1) is 0 Å². The smallest absolute Gasteiger partial charge is 0.416 e. The van der Waals surface area contributed by atoms with Crippen LogP contribution in [-0.2, 0) is 15.7 Å². The molecule has 0 saturated heterocycles. The summed E-state index contributed by atoms with van der Waals surface area (Å²) < 4.78 is 42.9. The number of hydrogen-bond acceptors (Lipinski definition) is 3. The van der Waals surface area contributed by atoms with E-state index < -0.39 is 29.4 Å². The fourth-order valence-electron chi connectivity index (χ4n) is 2.09.